The van der Waals surface area contributed by atoms with Crippen molar-refractivity contribution < 1.29 is 33.1 Å². The van der Waals surface area contributed by atoms with Gasteiger partial charge in [-0.05, 0) is 95.2 Å². The molecule has 2 aliphatic rings. The van der Waals surface area contributed by atoms with Crippen LogP contribution in [-0.4, -0.2) is 28.2 Å². The summed E-state index contributed by atoms with van der Waals surface area (Å²) in [5, 5.41) is 11.4. The summed E-state index contributed by atoms with van der Waals surface area (Å²) >= 11 is 0. The van der Waals surface area contributed by atoms with Crippen LogP contribution in [0.4, 0.5) is 0 Å². The molecule has 2 N–H and O–H groups in total. The number of carbonyl (C=O) groups excluding carboxylic acids is 1. The van der Waals surface area contributed by atoms with Crippen molar-refractivity contribution in [3.63, 3.8) is 0 Å². The number of allylic oxidation sites excluding steroid dienone is 3. The second-order valence-electron chi connectivity index (χ2n) is 13.5. The fraction of sp³-hybridized carbons (Fsp3) is 0.703. The minimum atomic E-state index is -4.51. The molecule has 0 aliphatic heterocycles. The number of phosphoric ester groups is 1. The minimum absolute atomic E-state index is 0.0853. The summed E-state index contributed by atoms with van der Waals surface area (Å²) in [6.45, 7) is 12.7. The number of esters is 1. The van der Waals surface area contributed by atoms with Crippen LogP contribution >= 0.6 is 7.82 Å². The zero-order chi connectivity index (χ0) is 32.9. The molecule has 8 heteroatoms. The molecule has 7 nitrogen and oxygen atoms in total. The Morgan fingerprint density at radius 2 is 1.62 bits per heavy atom. The van der Waals surface area contributed by atoms with Gasteiger partial charge in [0.15, 0.2) is 5.60 Å². The number of phenolic OH excluding ortho intramolecular Hbond substituents is 1. The molecular formula is C37H59O7P. The lowest BCUT2D eigenvalue weighted by atomic mass is 9.73. The molecule has 1 aromatic rings. The van der Waals surface area contributed by atoms with E-state index in [9.17, 15) is 19.4 Å². The molecule has 0 amide bonds. The highest BCUT2D eigenvalue weighted by Crippen LogP contribution is 2.53. The highest BCUT2D eigenvalue weighted by Gasteiger charge is 2.50. The van der Waals surface area contributed by atoms with Gasteiger partial charge in [0.25, 0.3) is 0 Å². The highest BCUT2D eigenvalue weighted by molar-refractivity contribution is 7.47. The number of carbonyl (C=O) groups is 1. The molecule has 3 rings (SSSR count). The van der Waals surface area contributed by atoms with E-state index in [4.69, 9.17) is 13.8 Å². The minimum Gasteiger partial charge on any atom is -0.507 e. The summed E-state index contributed by atoms with van der Waals surface area (Å²) < 4.78 is 30.3. The second kappa shape index (κ2) is 18.4. The quantitative estimate of drug-likeness (QED) is 0.0478. The van der Waals surface area contributed by atoms with Gasteiger partial charge in [-0.2, -0.15) is 0 Å². The predicted octanol–water partition coefficient (Wildman–Crippen LogP) is 10.6. The number of phosphoric acid groups is 1. The van der Waals surface area contributed by atoms with Gasteiger partial charge in [-0.25, -0.2) is 9.36 Å². The third kappa shape index (κ3) is 11.4. The lowest BCUT2D eigenvalue weighted by molar-refractivity contribution is -0.153. The van der Waals surface area contributed by atoms with Gasteiger partial charge in [-0.1, -0.05) is 95.4 Å². The Morgan fingerprint density at radius 1 is 1.00 bits per heavy atom. The fourth-order valence-electron chi connectivity index (χ4n) is 6.85. The number of aromatic hydroxyl groups is 1. The van der Waals surface area contributed by atoms with E-state index in [0.717, 1.165) is 68.9 Å². The monoisotopic (exact) mass is 646 g/mol. The molecular weight excluding hydrogens is 587 g/mol. The number of hydrogen-bond donors (Lipinski definition) is 2. The Hall–Kier alpha value is -1.92. The number of benzene rings is 1. The molecule has 1 unspecified atom stereocenters. The van der Waals surface area contributed by atoms with Gasteiger partial charge in [-0.3, -0.25) is 9.05 Å². The second-order valence-corrected chi connectivity index (χ2v) is 14.9. The lowest BCUT2D eigenvalue weighted by Crippen LogP contribution is -2.41. The summed E-state index contributed by atoms with van der Waals surface area (Å²) in [6.07, 6.45) is 18.4. The molecule has 0 radical (unpaired) electrons. The maximum Gasteiger partial charge on any atom is 0.473 e. The topological polar surface area (TPSA) is 102 Å². The summed E-state index contributed by atoms with van der Waals surface area (Å²) in [5.74, 6) is -0.446. The Kier molecular flexibility index (Phi) is 15.4. The standard InChI is InChI=1S/C37H59O7P/c1-6-8-10-11-12-13-14-18-24-42-45(40,41)44-37(22-16-17-23-37)36(39)43-34-27-30(19-15-9-7-2)26-33(38)35(34)32-25-29(5)20-21-31(32)28(3)4/h25-27,31-32,38H,3,6-24H2,1-2,4-5H3,(H,40,41)/t31-,32+/m0/s1. The van der Waals surface area contributed by atoms with Crippen molar-refractivity contribution in [3.8, 4) is 11.5 Å². The van der Waals surface area contributed by atoms with Crippen LogP contribution in [0.1, 0.15) is 154 Å². The average molecular weight is 647 g/mol. The predicted molar refractivity (Wildman–Crippen MR) is 182 cm³/mol. The first-order valence-electron chi connectivity index (χ1n) is 17.6. The Bertz CT molecular complexity index is 1180. The van der Waals surface area contributed by atoms with E-state index < -0.39 is 19.4 Å². The Morgan fingerprint density at radius 3 is 2.27 bits per heavy atom. The van der Waals surface area contributed by atoms with Crippen LogP contribution in [0.15, 0.2) is 35.9 Å². The van der Waals surface area contributed by atoms with E-state index >= 15 is 0 Å². The van der Waals surface area contributed by atoms with E-state index in [-0.39, 0.29) is 42.8 Å². The fourth-order valence-corrected chi connectivity index (χ4v) is 7.96. The summed E-state index contributed by atoms with van der Waals surface area (Å²) in [5.41, 5.74) is 2.09. The molecule has 0 bridgehead atoms. The number of unbranched alkanes of at least 4 members (excludes halogenated alkanes) is 9. The normalized spacial score (nSPS) is 20.9. The molecule has 45 heavy (non-hydrogen) atoms. The molecule has 1 saturated carbocycles. The van der Waals surface area contributed by atoms with Crippen LogP contribution in [0, 0.1) is 5.92 Å². The molecule has 1 fully saturated rings. The van der Waals surface area contributed by atoms with Crippen LogP contribution in [-0.2, 0) is 24.8 Å². The highest BCUT2D eigenvalue weighted by atomic mass is 31.2. The van der Waals surface area contributed by atoms with E-state index in [1.165, 1.54) is 31.3 Å². The van der Waals surface area contributed by atoms with Crippen molar-refractivity contribution >= 4 is 13.8 Å². The van der Waals surface area contributed by atoms with Crippen LogP contribution in [0.25, 0.3) is 0 Å². The number of ether oxygens (including phenoxy) is 1. The summed E-state index contributed by atoms with van der Waals surface area (Å²) in [6, 6.07) is 3.65. The van der Waals surface area contributed by atoms with Crippen molar-refractivity contribution in [2.24, 2.45) is 5.92 Å². The number of hydrogen-bond acceptors (Lipinski definition) is 6. The van der Waals surface area contributed by atoms with Crippen molar-refractivity contribution in [1.82, 2.24) is 0 Å². The van der Waals surface area contributed by atoms with Gasteiger partial charge >= 0.3 is 13.8 Å². The van der Waals surface area contributed by atoms with E-state index in [0.29, 0.717) is 24.8 Å². The van der Waals surface area contributed by atoms with Crippen molar-refractivity contribution in [3.05, 3.63) is 47.1 Å². The zero-order valence-electron chi connectivity index (χ0n) is 28.4. The lowest BCUT2D eigenvalue weighted by Gasteiger charge is -2.33. The van der Waals surface area contributed by atoms with Crippen molar-refractivity contribution in [2.45, 2.75) is 155 Å². The molecule has 0 spiro atoms. The van der Waals surface area contributed by atoms with Gasteiger partial charge in [0.1, 0.15) is 11.5 Å². The molecule has 254 valence electrons. The molecule has 2 aliphatic carbocycles. The SMILES string of the molecule is C=C(C)[C@@H]1CCC(C)=C[C@H]1c1c(O)cc(CCCCC)cc1OC(=O)C1(OP(=O)(O)OCCCCCCCCCC)CCCC1. The molecule has 0 heterocycles. The average Bonchev–Trinajstić information content (AvgIpc) is 3.45. The maximum absolute atomic E-state index is 14.0. The summed E-state index contributed by atoms with van der Waals surface area (Å²) in [4.78, 5) is 24.7. The van der Waals surface area contributed by atoms with Crippen LogP contribution < -0.4 is 4.74 Å². The molecule has 1 aromatic carbocycles. The first-order chi connectivity index (χ1) is 21.5. The van der Waals surface area contributed by atoms with Gasteiger partial charge < -0.3 is 14.7 Å². The largest absolute Gasteiger partial charge is 0.507 e. The smallest absolute Gasteiger partial charge is 0.473 e. The Balaban J connectivity index is 1.79. The van der Waals surface area contributed by atoms with E-state index in [2.05, 4.69) is 33.4 Å². The van der Waals surface area contributed by atoms with Gasteiger partial charge in [0.2, 0.25) is 0 Å². The third-order valence-corrected chi connectivity index (χ3v) is 10.6. The molecule has 0 saturated heterocycles. The van der Waals surface area contributed by atoms with Crippen LogP contribution in [0.5, 0.6) is 11.5 Å². The van der Waals surface area contributed by atoms with E-state index in [1.54, 1.807) is 6.07 Å². The number of aryl methyl sites for hydroxylation is 1. The first kappa shape index (κ1) is 37.5. The Labute approximate surface area is 272 Å². The van der Waals surface area contributed by atoms with Gasteiger partial charge in [0, 0.05) is 11.5 Å². The zero-order valence-corrected chi connectivity index (χ0v) is 29.3. The number of rotatable bonds is 20. The van der Waals surface area contributed by atoms with Gasteiger partial charge in [0.05, 0.1) is 6.61 Å². The summed E-state index contributed by atoms with van der Waals surface area (Å²) in [7, 11) is -4.51. The molecule has 0 aromatic heterocycles. The van der Waals surface area contributed by atoms with Crippen molar-refractivity contribution in [2.75, 3.05) is 6.61 Å². The third-order valence-electron chi connectivity index (χ3n) is 9.49. The van der Waals surface area contributed by atoms with Crippen molar-refractivity contribution in [1.29, 1.82) is 0 Å². The first-order valence-corrected chi connectivity index (χ1v) is 19.1. The maximum atomic E-state index is 14.0. The number of phenols is 1. The van der Waals surface area contributed by atoms with Crippen LogP contribution in [0.3, 0.4) is 0 Å². The van der Waals surface area contributed by atoms with Crippen LogP contribution in [0.2, 0.25) is 0 Å². The van der Waals surface area contributed by atoms with Gasteiger partial charge in [-0.15, -0.1) is 0 Å². The molecule has 3 atom stereocenters. The van der Waals surface area contributed by atoms with E-state index in [1.807, 2.05) is 13.0 Å².